The van der Waals surface area contributed by atoms with Gasteiger partial charge in [0.1, 0.15) is 0 Å². The van der Waals surface area contributed by atoms with Crippen LogP contribution in [-0.4, -0.2) is 18.5 Å². The van der Waals surface area contributed by atoms with E-state index in [0.717, 1.165) is 52.6 Å². The van der Waals surface area contributed by atoms with Crippen LogP contribution in [0.1, 0.15) is 221 Å². The van der Waals surface area contributed by atoms with Crippen LogP contribution in [0.5, 0.6) is 0 Å². The maximum absolute atomic E-state index is 13.0. The van der Waals surface area contributed by atoms with E-state index in [-0.39, 0.29) is 19.3 Å². The zero-order valence-corrected chi connectivity index (χ0v) is 87.9. The third-order valence-electron chi connectivity index (χ3n) is 26.2. The van der Waals surface area contributed by atoms with Gasteiger partial charge in [0.2, 0.25) is 0 Å². The summed E-state index contributed by atoms with van der Waals surface area (Å²) in [5.41, 5.74) is 38.7. The van der Waals surface area contributed by atoms with Crippen LogP contribution in [0.2, 0.25) is 0 Å². The molecule has 0 spiro atoms. The Bertz CT molecular complexity index is 6140. The average molecular weight is 1870 g/mol. The fourth-order valence-electron chi connectivity index (χ4n) is 16.1. The van der Waals surface area contributed by atoms with E-state index in [2.05, 4.69) is 353 Å². The van der Waals surface area contributed by atoms with E-state index in [0.29, 0.717) is 32.9 Å². The Balaban J connectivity index is 0.000000198. The van der Waals surface area contributed by atoms with Crippen LogP contribution in [0.25, 0.3) is 77.9 Å². The largest absolute Gasteiger partial charge is 0.394 e. The van der Waals surface area contributed by atoms with Crippen LogP contribution >= 0.6 is 0 Å². The number of aryl methyl sites for hydroxylation is 12. The van der Waals surface area contributed by atoms with E-state index in [9.17, 15) is 39.5 Å². The summed E-state index contributed by atoms with van der Waals surface area (Å²) in [6, 6.07) is 103. The van der Waals surface area contributed by atoms with E-state index in [1.807, 2.05) is 73.7 Å². The molecular weight excluding hydrogens is 1720 g/mol. The lowest BCUT2D eigenvalue weighted by Gasteiger charge is -2.27. The molecule has 138 heavy (non-hydrogen) atoms. The van der Waals surface area contributed by atoms with Crippen LogP contribution < -0.4 is 0 Å². The summed E-state index contributed by atoms with van der Waals surface area (Å²) in [5.74, 6) is 0. The molecule has 0 heterocycles. The van der Waals surface area contributed by atoms with Gasteiger partial charge in [0, 0.05) is 0 Å². The molecule has 0 aliphatic carbocycles. The summed E-state index contributed by atoms with van der Waals surface area (Å²) in [5, 5.41) is 0. The van der Waals surface area contributed by atoms with Gasteiger partial charge in [0.15, 0.2) is 0 Å². The van der Waals surface area contributed by atoms with E-state index in [4.69, 9.17) is 0 Å². The summed E-state index contributed by atoms with van der Waals surface area (Å²) >= 11 is 0. The summed E-state index contributed by atoms with van der Waals surface area (Å²) < 4.78 is 117. The van der Waals surface area contributed by atoms with Gasteiger partial charge in [-0.15, -0.1) is 0 Å². The molecule has 0 aromatic heterocycles. The predicted molar refractivity (Wildman–Crippen MR) is 574 cm³/mol. The summed E-state index contributed by atoms with van der Waals surface area (Å²) in [6.07, 6.45) is -9.24. The first-order valence-corrected chi connectivity index (χ1v) is 48.4. The molecule has 0 N–H and O–H groups in total. The van der Waals surface area contributed by atoms with Gasteiger partial charge in [-0.05, 0) is 342 Å². The minimum absolute atomic E-state index is 0.00925. The normalized spacial score (nSPS) is 11.9. The summed E-state index contributed by atoms with van der Waals surface area (Å²) in [7, 11) is 0. The van der Waals surface area contributed by atoms with Crippen LogP contribution in [0.15, 0.2) is 297 Å². The lowest BCUT2D eigenvalue weighted by Crippen LogP contribution is -2.34. The first-order valence-electron chi connectivity index (χ1n) is 48.4. The second-order valence-corrected chi connectivity index (χ2v) is 44.0. The molecule has 0 nitrogen and oxygen atoms in total. The van der Waals surface area contributed by atoms with E-state index in [1.165, 1.54) is 186 Å². The van der Waals surface area contributed by atoms with Gasteiger partial charge < -0.3 is 0 Å². The van der Waals surface area contributed by atoms with Crippen molar-refractivity contribution in [2.45, 2.75) is 265 Å². The third kappa shape index (κ3) is 34.2. The molecule has 0 aliphatic heterocycles. The molecule has 0 amide bonds. The number of alkyl halides is 9. The number of hydrogen-bond acceptors (Lipinski definition) is 0. The first-order chi connectivity index (χ1) is 64.0. The molecular formula is C129H151F9. The van der Waals surface area contributed by atoms with Crippen molar-refractivity contribution in [3.63, 3.8) is 0 Å². The van der Waals surface area contributed by atoms with Crippen molar-refractivity contribution in [1.29, 1.82) is 0 Å². The smallest absolute Gasteiger partial charge is 0.171 e. The van der Waals surface area contributed by atoms with Gasteiger partial charge in [0.25, 0.3) is 0 Å². The highest BCUT2D eigenvalue weighted by atomic mass is 19.4. The summed E-state index contributed by atoms with van der Waals surface area (Å²) in [6.45, 7) is 59.9. The molecule has 0 fully saturated rings. The average Bonchev–Trinajstić information content (AvgIpc) is 0.839. The second-order valence-electron chi connectivity index (χ2n) is 44.0. The zero-order chi connectivity index (χ0) is 103. The molecule has 0 atom stereocenters. The predicted octanol–water partition coefficient (Wildman–Crippen LogP) is 39.3. The first kappa shape index (κ1) is 112. The van der Waals surface area contributed by atoms with Crippen molar-refractivity contribution in [1.82, 2.24) is 0 Å². The zero-order valence-electron chi connectivity index (χ0n) is 87.9. The van der Waals surface area contributed by atoms with Gasteiger partial charge in [-0.2, -0.15) is 39.5 Å². The van der Waals surface area contributed by atoms with E-state index in [1.54, 1.807) is 36.4 Å². The second kappa shape index (κ2) is 47.4. The fraction of sp³-hybridized carbons (Fsp3) is 0.349. The quantitative estimate of drug-likeness (QED) is 0.0846. The van der Waals surface area contributed by atoms with Crippen molar-refractivity contribution in [2.75, 3.05) is 0 Å². The van der Waals surface area contributed by atoms with Crippen LogP contribution in [0.3, 0.4) is 0 Å². The molecule has 14 rings (SSSR count). The van der Waals surface area contributed by atoms with E-state index < -0.39 is 34.8 Å². The Kier molecular flexibility index (Phi) is 38.4. The van der Waals surface area contributed by atoms with E-state index >= 15 is 0 Å². The SMILES string of the molecule is Cc1cc(-c2ccc(CC(C)(C)C(F)(F)F)cc2)cc(C)c1C.Cc1cc(-c2ccc(CC(C)(C)C)cc2)cc(C)c1C.Cc1cc(-c2ccccc2)cc(C)c1C.Cc1ccc(-c2ccc(CC(C)(C)C(F)(F)F)cc2)cc1.Cc1ccc(-c2ccc(CC(C)(C)C(F)(F)F)cc2)cc1C.Cc1ccc(-c2ccc(CC(C)(C)C)cc2)cc1.Cc1ccc(-c2ccc(CC(C)(C)C)cc2)cc1C. The van der Waals surface area contributed by atoms with Gasteiger partial charge >= 0.3 is 18.5 Å². The van der Waals surface area contributed by atoms with Crippen LogP contribution in [-0.2, 0) is 38.5 Å². The molecule has 14 aromatic carbocycles. The number of benzene rings is 14. The highest BCUT2D eigenvalue weighted by molar-refractivity contribution is 5.71. The van der Waals surface area contributed by atoms with Crippen LogP contribution in [0, 0.1) is 136 Å². The Morgan fingerprint density at radius 2 is 0.312 bits per heavy atom. The number of rotatable bonds is 16. The highest BCUT2D eigenvalue weighted by Crippen LogP contribution is 2.44. The molecule has 0 saturated carbocycles. The maximum atomic E-state index is 13.0. The van der Waals surface area contributed by atoms with Crippen molar-refractivity contribution in [3.8, 4) is 77.9 Å². The molecule has 0 radical (unpaired) electrons. The van der Waals surface area contributed by atoms with Gasteiger partial charge in [0.05, 0.1) is 16.2 Å². The summed E-state index contributed by atoms with van der Waals surface area (Å²) in [4.78, 5) is 0. The molecule has 0 saturated heterocycles. The lowest BCUT2D eigenvalue weighted by atomic mass is 9.84. The van der Waals surface area contributed by atoms with Crippen LogP contribution in [0.4, 0.5) is 39.5 Å². The minimum atomic E-state index is -4.20. The fourth-order valence-corrected chi connectivity index (χ4v) is 16.1. The topological polar surface area (TPSA) is 0 Å². The Hall–Kier alpha value is -11.6. The van der Waals surface area contributed by atoms with Gasteiger partial charge in [-0.1, -0.05) is 412 Å². The monoisotopic (exact) mass is 1870 g/mol. The van der Waals surface area contributed by atoms with Gasteiger partial charge in [-0.25, -0.2) is 0 Å². The molecule has 0 aliphatic rings. The van der Waals surface area contributed by atoms with Crippen molar-refractivity contribution in [3.05, 3.63) is 414 Å². The minimum Gasteiger partial charge on any atom is -0.171 e. The molecule has 0 bridgehead atoms. The molecule has 14 aromatic rings. The molecule has 0 unspecified atom stereocenters. The lowest BCUT2D eigenvalue weighted by molar-refractivity contribution is -0.211. The highest BCUT2D eigenvalue weighted by Gasteiger charge is 2.49. The van der Waals surface area contributed by atoms with Crippen molar-refractivity contribution >= 4 is 0 Å². The Labute approximate surface area is 823 Å². The number of hydrogen-bond donors (Lipinski definition) is 0. The molecule has 730 valence electrons. The molecule has 9 heteroatoms. The van der Waals surface area contributed by atoms with Gasteiger partial charge in [-0.3, -0.25) is 0 Å². The Morgan fingerprint density at radius 3 is 0.500 bits per heavy atom. The number of halogens is 9. The van der Waals surface area contributed by atoms with Crippen molar-refractivity contribution in [2.24, 2.45) is 32.5 Å². The third-order valence-corrected chi connectivity index (χ3v) is 26.2. The maximum Gasteiger partial charge on any atom is 0.394 e. The Morgan fingerprint density at radius 1 is 0.152 bits per heavy atom. The van der Waals surface area contributed by atoms with Crippen molar-refractivity contribution < 1.29 is 39.5 Å². The standard InChI is InChI=1S/C20H23F3.C20H26.C19H21F3.C19H24.C18H19F3.C18H22.C15H16/c1-13-10-18(11-14(2)15(13)3)17-8-6-16(7-9-17)12-19(4,5)20(21,22)23;1-14-11-19(12-15(2)16(14)3)18-9-7-17(8-10-18)13-20(4,5)6;1-13-5-8-17(11-14(13)2)16-9-6-15(7-10-16)12-18(3,4)19(20,21)22;1-14-6-9-18(12-15(14)2)17-10-7-16(8-11-17)13-19(3,4)5;1-13-4-8-15(9-5-13)16-10-6-14(7-11-16)12-17(2,3)18(19,20)21;1-14-5-9-16(10-6-14)17-11-7-15(8-12-17)13-18(2,3)4;1-11-9-15(10-12(2)13(11)3)14-7-5-4-6-8-14/h6-11H,12H2,1-5H3;7-12H,13H2,1-6H3;5-11H,12H2,1-4H3;6-12H,13H2,1-5H3;4-11H,12H2,1-3H3;5-12H,13H2,1-4H3;4-10H,1-3H3.